The van der Waals surface area contributed by atoms with Gasteiger partial charge >= 0.3 is 11.9 Å². The van der Waals surface area contributed by atoms with E-state index in [2.05, 4.69) is 6.58 Å². The summed E-state index contributed by atoms with van der Waals surface area (Å²) in [7, 11) is -1.69. The highest BCUT2D eigenvalue weighted by Gasteiger charge is 2.63. The molecule has 27 heavy (non-hydrogen) atoms. The van der Waals surface area contributed by atoms with E-state index < -0.39 is 33.4 Å². The van der Waals surface area contributed by atoms with E-state index in [1.54, 1.807) is 12.1 Å². The minimum absolute atomic E-state index is 0.0703. The van der Waals surface area contributed by atoms with Crippen molar-refractivity contribution in [2.45, 2.75) is 44.0 Å². The van der Waals surface area contributed by atoms with Crippen molar-refractivity contribution in [2.24, 2.45) is 5.41 Å². The molecule has 148 valence electrons. The summed E-state index contributed by atoms with van der Waals surface area (Å²) in [5, 5.41) is 0. The summed E-state index contributed by atoms with van der Waals surface area (Å²) in [6.07, 6.45) is 0.643. The largest absolute Gasteiger partial charge is 0.468 e. The number of nitrogens with zero attached hydrogens (tertiary/aromatic N) is 1. The number of sulfonamides is 1. The van der Waals surface area contributed by atoms with Crippen LogP contribution in [-0.4, -0.2) is 44.9 Å². The van der Waals surface area contributed by atoms with Crippen LogP contribution in [0.15, 0.2) is 41.4 Å². The number of hydrogen-bond donors (Lipinski definition) is 0. The zero-order valence-electron chi connectivity index (χ0n) is 16.0. The highest BCUT2D eigenvalue weighted by atomic mass is 32.2. The smallest absolute Gasteiger partial charge is 0.325 e. The molecule has 1 fully saturated rings. The average molecular weight is 395 g/mol. The summed E-state index contributed by atoms with van der Waals surface area (Å²) in [5.74, 6) is -1.65. The first-order chi connectivity index (χ1) is 12.7. The molecule has 0 spiro atoms. The summed E-state index contributed by atoms with van der Waals surface area (Å²) in [5.41, 5.74) is -0.698. The van der Waals surface area contributed by atoms with Gasteiger partial charge in [-0.3, -0.25) is 13.9 Å². The Hall–Kier alpha value is -2.35. The summed E-state index contributed by atoms with van der Waals surface area (Å²) in [6, 6.07) is 5.40. The van der Waals surface area contributed by atoms with Crippen LogP contribution in [-0.2, 0) is 29.1 Å². The van der Waals surface area contributed by atoms with Crippen LogP contribution in [0.2, 0.25) is 0 Å². The lowest BCUT2D eigenvalue weighted by Crippen LogP contribution is -2.52. The Bertz CT molecular complexity index is 827. The number of carbonyl (C=O) groups is 2. The van der Waals surface area contributed by atoms with Crippen molar-refractivity contribution in [3.05, 3.63) is 42.1 Å². The lowest BCUT2D eigenvalue weighted by atomic mass is 9.78. The van der Waals surface area contributed by atoms with Crippen LogP contribution in [0.5, 0.6) is 0 Å². The third-order valence-electron chi connectivity index (χ3n) is 4.89. The second-order valence-corrected chi connectivity index (χ2v) is 8.43. The molecule has 0 aromatic heterocycles. The van der Waals surface area contributed by atoms with Gasteiger partial charge in [0.1, 0.15) is 0 Å². The molecule has 0 saturated carbocycles. The van der Waals surface area contributed by atoms with Crippen LogP contribution in [0.3, 0.4) is 0 Å². The molecule has 2 rings (SSSR count). The number of ether oxygens (including phenoxy) is 2. The first kappa shape index (κ1) is 21.0. The lowest BCUT2D eigenvalue weighted by molar-refractivity contribution is -0.170. The Kier molecular flexibility index (Phi) is 5.99. The van der Waals surface area contributed by atoms with Crippen molar-refractivity contribution < 1.29 is 27.5 Å². The fourth-order valence-corrected chi connectivity index (χ4v) is 5.33. The molecule has 1 heterocycles. The third-order valence-corrected chi connectivity index (χ3v) is 6.78. The van der Waals surface area contributed by atoms with Crippen molar-refractivity contribution in [3.8, 4) is 0 Å². The van der Waals surface area contributed by atoms with Crippen LogP contribution in [0.4, 0.5) is 0 Å². The predicted octanol–water partition coefficient (Wildman–Crippen LogP) is 2.40. The highest BCUT2D eigenvalue weighted by molar-refractivity contribution is 7.89. The molecule has 0 bridgehead atoms. The summed E-state index contributed by atoms with van der Waals surface area (Å²) < 4.78 is 37.4. The van der Waals surface area contributed by atoms with E-state index in [0.717, 1.165) is 24.1 Å². The van der Waals surface area contributed by atoms with Crippen LogP contribution in [0.25, 0.3) is 0 Å². The predicted molar refractivity (Wildman–Crippen MR) is 99.1 cm³/mol. The fraction of sp³-hybridized carbons (Fsp3) is 0.474. The molecule has 1 aliphatic heterocycles. The maximum atomic E-state index is 13.3. The quantitative estimate of drug-likeness (QED) is 0.543. The fourth-order valence-electron chi connectivity index (χ4n) is 3.60. The van der Waals surface area contributed by atoms with E-state index in [1.165, 1.54) is 12.1 Å². The Labute approximate surface area is 160 Å². The molecule has 1 aromatic carbocycles. The molecule has 8 heteroatoms. The van der Waals surface area contributed by atoms with E-state index in [0.29, 0.717) is 6.42 Å². The first-order valence-electron chi connectivity index (χ1n) is 8.62. The number of allylic oxidation sites excluding steroid dienone is 1. The molecule has 1 atom stereocenters. The molecule has 1 aromatic rings. The van der Waals surface area contributed by atoms with Crippen LogP contribution in [0, 0.1) is 12.3 Å². The van der Waals surface area contributed by atoms with E-state index >= 15 is 0 Å². The topological polar surface area (TPSA) is 90.0 Å². The molecule has 1 saturated heterocycles. The molecule has 0 amide bonds. The summed E-state index contributed by atoms with van der Waals surface area (Å²) in [6.45, 7) is 7.53. The van der Waals surface area contributed by atoms with Crippen molar-refractivity contribution in [1.82, 2.24) is 4.31 Å². The highest BCUT2D eigenvalue weighted by Crippen LogP contribution is 2.48. The van der Waals surface area contributed by atoms with Crippen molar-refractivity contribution >= 4 is 22.0 Å². The molecule has 1 aliphatic rings. The Balaban J connectivity index is 2.65. The van der Waals surface area contributed by atoms with Gasteiger partial charge in [-0.15, -0.1) is 0 Å². The molecule has 1 unspecified atom stereocenters. The first-order valence-corrected chi connectivity index (χ1v) is 10.1. The van der Waals surface area contributed by atoms with Crippen LogP contribution < -0.4 is 0 Å². The van der Waals surface area contributed by atoms with Gasteiger partial charge in [0.15, 0.2) is 5.41 Å². The molecular formula is C19H25NO6S. The van der Waals surface area contributed by atoms with Crippen molar-refractivity contribution in [2.75, 3.05) is 14.2 Å². The second kappa shape index (κ2) is 7.72. The number of rotatable bonds is 6. The van der Waals surface area contributed by atoms with Crippen molar-refractivity contribution in [3.63, 3.8) is 0 Å². The van der Waals surface area contributed by atoms with Gasteiger partial charge in [0.25, 0.3) is 10.0 Å². The zero-order valence-corrected chi connectivity index (χ0v) is 16.8. The number of carbonyl (C=O) groups excluding carboxylic acids is 2. The Morgan fingerprint density at radius 3 is 2.15 bits per heavy atom. The molecule has 0 aliphatic carbocycles. The van der Waals surface area contributed by atoms with Gasteiger partial charge in [-0.05, 0) is 25.5 Å². The van der Waals surface area contributed by atoms with Gasteiger partial charge in [-0.25, -0.2) is 8.42 Å². The summed E-state index contributed by atoms with van der Waals surface area (Å²) >= 11 is 0. The number of benzene rings is 1. The van der Waals surface area contributed by atoms with Gasteiger partial charge < -0.3 is 9.47 Å². The van der Waals surface area contributed by atoms with Gasteiger partial charge in [0.05, 0.1) is 25.2 Å². The monoisotopic (exact) mass is 395 g/mol. The van der Waals surface area contributed by atoms with E-state index in [9.17, 15) is 18.0 Å². The maximum Gasteiger partial charge on any atom is 0.325 e. The number of methoxy groups -OCH3 is 2. The molecular weight excluding hydrogens is 370 g/mol. The number of hydrogen-bond acceptors (Lipinski definition) is 6. The average Bonchev–Trinajstić information content (AvgIpc) is 2.94. The molecule has 0 radical (unpaired) electrons. The van der Waals surface area contributed by atoms with Crippen LogP contribution >= 0.6 is 0 Å². The van der Waals surface area contributed by atoms with E-state index in [-0.39, 0.29) is 23.4 Å². The van der Waals surface area contributed by atoms with Gasteiger partial charge in [0, 0.05) is 12.1 Å². The van der Waals surface area contributed by atoms with Gasteiger partial charge in [-0.1, -0.05) is 37.6 Å². The third kappa shape index (κ3) is 3.34. The van der Waals surface area contributed by atoms with Crippen molar-refractivity contribution in [1.29, 1.82) is 0 Å². The SMILES string of the molecule is C=C1CC(C(=O)OC)(C(=O)OC)C(CCC)N1S(=O)(=O)c1ccc(C)cc1. The van der Waals surface area contributed by atoms with Gasteiger partial charge in [0.2, 0.25) is 0 Å². The standard InChI is InChI=1S/C19H25NO6S/c1-6-7-16-19(17(21)25-4,18(22)26-5)12-14(3)20(16)27(23,24)15-10-8-13(2)9-11-15/h8-11,16H,3,6-7,12H2,1-2,4-5H3. The minimum atomic E-state index is -4.01. The number of aryl methyl sites for hydroxylation is 1. The Morgan fingerprint density at radius 1 is 1.19 bits per heavy atom. The second-order valence-electron chi connectivity index (χ2n) is 6.62. The van der Waals surface area contributed by atoms with Gasteiger partial charge in [-0.2, -0.15) is 0 Å². The van der Waals surface area contributed by atoms with E-state index in [1.807, 2.05) is 13.8 Å². The lowest BCUT2D eigenvalue weighted by Gasteiger charge is -2.33. The normalized spacial score (nSPS) is 19.0. The van der Waals surface area contributed by atoms with Crippen LogP contribution in [0.1, 0.15) is 31.7 Å². The minimum Gasteiger partial charge on any atom is -0.468 e. The maximum absolute atomic E-state index is 13.3. The Morgan fingerprint density at radius 2 is 1.70 bits per heavy atom. The molecule has 7 nitrogen and oxygen atoms in total. The van der Waals surface area contributed by atoms with E-state index in [4.69, 9.17) is 9.47 Å². The zero-order chi connectivity index (χ0) is 20.4. The summed E-state index contributed by atoms with van der Waals surface area (Å²) in [4.78, 5) is 25.3. The number of esters is 2. The molecule has 0 N–H and O–H groups in total.